The molecule has 0 amide bonds. The maximum Gasteiger partial charge on any atom is 0.484 e. The molecule has 6 heteroatoms. The van der Waals surface area contributed by atoms with Crippen LogP contribution in [-0.4, -0.2) is 49.5 Å². The minimum absolute atomic E-state index is 0.677. The summed E-state index contributed by atoms with van der Waals surface area (Å²) in [6.45, 7) is 9.69. The van der Waals surface area contributed by atoms with Crippen LogP contribution in [0.3, 0.4) is 0 Å². The van der Waals surface area contributed by atoms with Gasteiger partial charge in [-0.1, -0.05) is 0 Å². The smallest absolute Gasteiger partial charge is 0.376 e. The highest BCUT2D eigenvalue weighted by Gasteiger charge is 2.11. The number of nitrogens with two attached hydrogens (primary N) is 1. The van der Waals surface area contributed by atoms with Gasteiger partial charge in [0.2, 0.25) is 0 Å². The summed E-state index contributed by atoms with van der Waals surface area (Å²) < 4.78 is 15.7. The van der Waals surface area contributed by atoms with Crippen molar-refractivity contribution in [2.75, 3.05) is 40.0 Å². The van der Waals surface area contributed by atoms with Crippen molar-refractivity contribution >= 4 is 9.53 Å². The Morgan fingerprint density at radius 3 is 1.62 bits per heavy atom. The Hall–Kier alpha value is 0.0169. The highest BCUT2D eigenvalue weighted by Crippen LogP contribution is 1.91. The lowest BCUT2D eigenvalue weighted by atomic mass is 10.4. The summed E-state index contributed by atoms with van der Waals surface area (Å²) in [5.41, 5.74) is 5.17. The Kier molecular flexibility index (Phi) is 20.0. The van der Waals surface area contributed by atoms with Crippen LogP contribution in [0.25, 0.3) is 0 Å². The first kappa shape index (κ1) is 18.4. The zero-order valence-electron chi connectivity index (χ0n) is 11.1. The minimum atomic E-state index is -1.73. The largest absolute Gasteiger partial charge is 0.484 e. The zero-order chi connectivity index (χ0) is 12.6. The second kappa shape index (κ2) is 17.4. The highest BCUT2D eigenvalue weighted by molar-refractivity contribution is 6.36. The van der Waals surface area contributed by atoms with E-state index in [-0.39, 0.29) is 0 Å². The van der Waals surface area contributed by atoms with E-state index in [0.29, 0.717) is 19.8 Å². The lowest BCUT2D eigenvalue weighted by Gasteiger charge is -2.12. The number of nitrogens with one attached hydrogen (secondary N) is 1. The standard InChI is InChI=1S/C6H16O3Si.C4H12N2/c1-4-7-10(8-5-2)9-6-3;1-6-4-2-3-5/h10H,4-6H2,1-3H3;6H,2-5H2,1H3. The highest BCUT2D eigenvalue weighted by atomic mass is 28.3. The van der Waals surface area contributed by atoms with Crippen LogP contribution in [0.1, 0.15) is 27.2 Å². The molecule has 0 aliphatic heterocycles. The summed E-state index contributed by atoms with van der Waals surface area (Å²) in [5.74, 6) is 0. The molecule has 0 aromatic rings. The lowest BCUT2D eigenvalue weighted by molar-refractivity contribution is 0.107. The molecule has 0 saturated heterocycles. The Labute approximate surface area is 102 Å². The summed E-state index contributed by atoms with van der Waals surface area (Å²) in [4.78, 5) is 0. The summed E-state index contributed by atoms with van der Waals surface area (Å²) >= 11 is 0. The number of hydrogen-bond donors (Lipinski definition) is 2. The fourth-order valence-electron chi connectivity index (χ4n) is 0.831. The monoisotopic (exact) mass is 252 g/mol. The van der Waals surface area contributed by atoms with E-state index >= 15 is 0 Å². The van der Waals surface area contributed by atoms with Gasteiger partial charge in [0.25, 0.3) is 0 Å². The molecule has 0 bridgehead atoms. The first-order valence-corrected chi connectivity index (χ1v) is 7.37. The van der Waals surface area contributed by atoms with E-state index in [2.05, 4.69) is 5.32 Å². The predicted octanol–water partition coefficient (Wildman–Crippen LogP) is 0.368. The fraction of sp³-hybridized carbons (Fsp3) is 1.00. The molecule has 0 aliphatic rings. The van der Waals surface area contributed by atoms with Crippen LogP contribution < -0.4 is 11.1 Å². The lowest BCUT2D eigenvalue weighted by Crippen LogP contribution is -2.27. The van der Waals surface area contributed by atoms with Gasteiger partial charge in [0.05, 0.1) is 0 Å². The Morgan fingerprint density at radius 1 is 1.00 bits per heavy atom. The maximum absolute atomic E-state index is 5.22. The number of rotatable bonds is 9. The van der Waals surface area contributed by atoms with Gasteiger partial charge in [-0.05, 0) is 47.3 Å². The molecule has 0 fully saturated rings. The molecule has 0 atom stereocenters. The van der Waals surface area contributed by atoms with Crippen LogP contribution in [0.2, 0.25) is 0 Å². The second-order valence-corrected chi connectivity index (χ2v) is 4.48. The average Bonchev–Trinajstić information content (AvgIpc) is 2.28. The SMILES string of the molecule is CCO[SiH](OCC)OCC.CNCCCN. The Balaban J connectivity index is 0. The Bertz CT molecular complexity index is 102. The molecule has 5 nitrogen and oxygen atoms in total. The number of hydrogen-bond acceptors (Lipinski definition) is 5. The molecule has 0 aliphatic carbocycles. The van der Waals surface area contributed by atoms with Crippen molar-refractivity contribution in [3.05, 3.63) is 0 Å². The molecule has 0 aromatic heterocycles. The quantitative estimate of drug-likeness (QED) is 0.458. The molecule has 0 heterocycles. The van der Waals surface area contributed by atoms with Crippen LogP contribution in [-0.2, 0) is 13.3 Å². The van der Waals surface area contributed by atoms with Gasteiger partial charge < -0.3 is 24.3 Å². The molecular formula is C10H28N2O3Si. The van der Waals surface area contributed by atoms with Crippen molar-refractivity contribution in [3.8, 4) is 0 Å². The minimum Gasteiger partial charge on any atom is -0.376 e. The summed E-state index contributed by atoms with van der Waals surface area (Å²) in [6, 6.07) is 0. The molecule has 0 radical (unpaired) electrons. The molecular weight excluding hydrogens is 224 g/mol. The van der Waals surface area contributed by atoms with E-state index in [1.165, 1.54) is 0 Å². The van der Waals surface area contributed by atoms with Crippen molar-refractivity contribution in [2.45, 2.75) is 27.2 Å². The average molecular weight is 252 g/mol. The first-order chi connectivity index (χ1) is 7.76. The molecule has 0 rings (SSSR count). The third-order valence-corrected chi connectivity index (χ3v) is 3.36. The molecule has 100 valence electrons. The van der Waals surface area contributed by atoms with Gasteiger partial charge in [-0.3, -0.25) is 0 Å². The second-order valence-electron chi connectivity index (χ2n) is 2.90. The normalized spacial score (nSPS) is 10.1. The van der Waals surface area contributed by atoms with Crippen molar-refractivity contribution in [1.82, 2.24) is 5.32 Å². The van der Waals surface area contributed by atoms with Crippen LogP contribution >= 0.6 is 0 Å². The van der Waals surface area contributed by atoms with E-state index in [0.717, 1.165) is 19.5 Å². The fourth-order valence-corrected chi connectivity index (χ4v) is 1.94. The molecule has 3 N–H and O–H groups in total. The molecule has 0 unspecified atom stereocenters. The van der Waals surface area contributed by atoms with Crippen LogP contribution in [0.4, 0.5) is 0 Å². The third-order valence-electron chi connectivity index (χ3n) is 1.54. The van der Waals surface area contributed by atoms with E-state index in [1.54, 1.807) is 0 Å². The van der Waals surface area contributed by atoms with E-state index in [1.807, 2.05) is 27.8 Å². The van der Waals surface area contributed by atoms with E-state index in [4.69, 9.17) is 19.0 Å². The maximum atomic E-state index is 5.22. The topological polar surface area (TPSA) is 65.7 Å². The van der Waals surface area contributed by atoms with Gasteiger partial charge in [-0.2, -0.15) is 0 Å². The van der Waals surface area contributed by atoms with Gasteiger partial charge in [-0.25, -0.2) is 0 Å². The van der Waals surface area contributed by atoms with Crippen molar-refractivity contribution in [1.29, 1.82) is 0 Å². The predicted molar refractivity (Wildman–Crippen MR) is 69.6 cm³/mol. The van der Waals surface area contributed by atoms with Crippen LogP contribution in [0.15, 0.2) is 0 Å². The molecule has 16 heavy (non-hydrogen) atoms. The Morgan fingerprint density at radius 2 is 1.44 bits per heavy atom. The van der Waals surface area contributed by atoms with Crippen molar-refractivity contribution in [2.24, 2.45) is 5.73 Å². The van der Waals surface area contributed by atoms with Gasteiger partial charge in [0.1, 0.15) is 0 Å². The molecule has 0 saturated carbocycles. The summed E-state index contributed by atoms with van der Waals surface area (Å²) in [7, 11) is 0.192. The third kappa shape index (κ3) is 16.4. The van der Waals surface area contributed by atoms with Gasteiger partial charge in [-0.15, -0.1) is 0 Å². The van der Waals surface area contributed by atoms with Gasteiger partial charge in [0.15, 0.2) is 0 Å². The van der Waals surface area contributed by atoms with Gasteiger partial charge >= 0.3 is 9.53 Å². The van der Waals surface area contributed by atoms with Crippen LogP contribution in [0.5, 0.6) is 0 Å². The summed E-state index contributed by atoms with van der Waals surface area (Å²) in [6.07, 6.45) is 1.08. The van der Waals surface area contributed by atoms with Crippen LogP contribution in [0, 0.1) is 0 Å². The van der Waals surface area contributed by atoms with Gasteiger partial charge in [0, 0.05) is 19.8 Å². The van der Waals surface area contributed by atoms with Crippen molar-refractivity contribution < 1.29 is 13.3 Å². The molecule has 0 aromatic carbocycles. The summed E-state index contributed by atoms with van der Waals surface area (Å²) in [5, 5.41) is 2.99. The van der Waals surface area contributed by atoms with E-state index < -0.39 is 9.53 Å². The zero-order valence-corrected chi connectivity index (χ0v) is 12.3. The van der Waals surface area contributed by atoms with Crippen molar-refractivity contribution in [3.63, 3.8) is 0 Å². The van der Waals surface area contributed by atoms with E-state index in [9.17, 15) is 0 Å². The molecule has 0 spiro atoms. The first-order valence-electron chi connectivity index (χ1n) is 5.96.